The lowest BCUT2D eigenvalue weighted by Gasteiger charge is -2.34. The van der Waals surface area contributed by atoms with Crippen molar-refractivity contribution in [1.29, 1.82) is 0 Å². The van der Waals surface area contributed by atoms with Gasteiger partial charge in [0.1, 0.15) is 6.04 Å². The van der Waals surface area contributed by atoms with E-state index in [1.54, 1.807) is 4.90 Å². The smallest absolute Gasteiger partial charge is 0.327 e. The molecule has 0 aromatic rings. The largest absolute Gasteiger partial charge is 0.480 e. The third kappa shape index (κ3) is 2.72. The Morgan fingerprint density at radius 2 is 1.94 bits per heavy atom. The fourth-order valence-corrected chi connectivity index (χ4v) is 3.46. The van der Waals surface area contributed by atoms with Gasteiger partial charge in [0, 0.05) is 25.4 Å². The zero-order valence-electron chi connectivity index (χ0n) is 10.1. The van der Waals surface area contributed by atoms with Crippen molar-refractivity contribution in [1.82, 2.24) is 9.80 Å². The molecule has 18 heavy (non-hydrogen) atoms. The summed E-state index contributed by atoms with van der Waals surface area (Å²) in [5.74, 6) is 0.264. The fraction of sp³-hybridized carbons (Fsp3) is 0.818. The van der Waals surface area contributed by atoms with Gasteiger partial charge in [0.05, 0.1) is 5.88 Å². The highest BCUT2D eigenvalue weighted by Gasteiger charge is 2.37. The van der Waals surface area contributed by atoms with Crippen LogP contribution < -0.4 is 0 Å². The van der Waals surface area contributed by atoms with E-state index in [0.29, 0.717) is 24.7 Å². The molecule has 102 valence electrons. The van der Waals surface area contributed by atoms with E-state index in [2.05, 4.69) is 0 Å². The molecular weight excluding hydrogens is 256 g/mol. The lowest BCUT2D eigenvalue weighted by molar-refractivity contribution is -0.141. The lowest BCUT2D eigenvalue weighted by Crippen LogP contribution is -2.51. The summed E-state index contributed by atoms with van der Waals surface area (Å²) < 4.78 is 0. The molecule has 2 saturated heterocycles. The SMILES string of the molecule is O=C(O)C1CSCN1C(=O)N1CCC(CO)CC1. The van der Waals surface area contributed by atoms with Crippen LogP contribution >= 0.6 is 11.8 Å². The zero-order valence-corrected chi connectivity index (χ0v) is 10.9. The van der Waals surface area contributed by atoms with Crippen molar-refractivity contribution in [3.63, 3.8) is 0 Å². The topological polar surface area (TPSA) is 81.1 Å². The molecule has 2 heterocycles. The first kappa shape index (κ1) is 13.5. The second kappa shape index (κ2) is 5.79. The molecule has 6 nitrogen and oxygen atoms in total. The van der Waals surface area contributed by atoms with Crippen LogP contribution in [0.1, 0.15) is 12.8 Å². The van der Waals surface area contributed by atoms with Crippen LogP contribution in [0.5, 0.6) is 0 Å². The number of thioether (sulfide) groups is 1. The third-order valence-corrected chi connectivity index (χ3v) is 4.57. The molecule has 0 radical (unpaired) electrons. The van der Waals surface area contributed by atoms with Gasteiger partial charge in [0.2, 0.25) is 0 Å². The van der Waals surface area contributed by atoms with Crippen molar-refractivity contribution < 1.29 is 19.8 Å². The molecule has 2 N–H and O–H groups in total. The van der Waals surface area contributed by atoms with Crippen LogP contribution in [0.2, 0.25) is 0 Å². The maximum Gasteiger partial charge on any atom is 0.327 e. The number of carboxylic acid groups (broad SMARTS) is 1. The molecule has 1 atom stereocenters. The Morgan fingerprint density at radius 3 is 2.50 bits per heavy atom. The summed E-state index contributed by atoms with van der Waals surface area (Å²) >= 11 is 1.47. The number of hydrogen-bond acceptors (Lipinski definition) is 4. The number of nitrogens with zero attached hydrogens (tertiary/aromatic N) is 2. The van der Waals surface area contributed by atoms with E-state index >= 15 is 0 Å². The normalized spacial score (nSPS) is 25.5. The van der Waals surface area contributed by atoms with Crippen LogP contribution in [0.25, 0.3) is 0 Å². The summed E-state index contributed by atoms with van der Waals surface area (Å²) in [7, 11) is 0. The first-order valence-corrected chi connectivity index (χ1v) is 7.26. The summed E-state index contributed by atoms with van der Waals surface area (Å²) in [5.41, 5.74) is 0. The number of carbonyl (C=O) groups excluding carboxylic acids is 1. The van der Waals surface area contributed by atoms with Gasteiger partial charge in [-0.2, -0.15) is 0 Å². The third-order valence-electron chi connectivity index (χ3n) is 3.56. The maximum atomic E-state index is 12.2. The molecule has 2 aliphatic rings. The summed E-state index contributed by atoms with van der Waals surface area (Å²) in [6.45, 7) is 1.38. The van der Waals surface area contributed by atoms with Crippen molar-refractivity contribution in [3.05, 3.63) is 0 Å². The standard InChI is InChI=1S/C11H18N2O4S/c14-5-8-1-3-12(4-2-8)11(17)13-7-18-6-9(13)10(15)16/h8-9,14H,1-7H2,(H,15,16). The predicted molar refractivity (Wildman–Crippen MR) is 67.4 cm³/mol. The number of aliphatic hydroxyl groups is 1. The highest BCUT2D eigenvalue weighted by molar-refractivity contribution is 7.99. The van der Waals surface area contributed by atoms with Crippen molar-refractivity contribution in [2.45, 2.75) is 18.9 Å². The summed E-state index contributed by atoms with van der Waals surface area (Å²) in [6.07, 6.45) is 1.59. The van der Waals surface area contributed by atoms with E-state index in [1.807, 2.05) is 0 Å². The van der Waals surface area contributed by atoms with Crippen LogP contribution in [0.15, 0.2) is 0 Å². The molecule has 2 fully saturated rings. The van der Waals surface area contributed by atoms with Crippen molar-refractivity contribution in [3.8, 4) is 0 Å². The van der Waals surface area contributed by atoms with Gasteiger partial charge in [-0.3, -0.25) is 0 Å². The number of piperidine rings is 1. The van der Waals surface area contributed by atoms with E-state index in [0.717, 1.165) is 12.8 Å². The molecule has 2 rings (SSSR count). The molecule has 0 bridgehead atoms. The van der Waals surface area contributed by atoms with Gasteiger partial charge in [0.15, 0.2) is 0 Å². The minimum absolute atomic E-state index is 0.166. The summed E-state index contributed by atoms with van der Waals surface area (Å²) in [6, 6.07) is -0.873. The molecule has 2 amide bonds. The molecule has 0 aromatic heterocycles. The Bertz CT molecular complexity index is 331. The number of carboxylic acids is 1. The Labute approximate surface area is 110 Å². The lowest BCUT2D eigenvalue weighted by atomic mass is 9.98. The van der Waals surface area contributed by atoms with Gasteiger partial charge in [-0.1, -0.05) is 0 Å². The van der Waals surface area contributed by atoms with E-state index in [-0.39, 0.29) is 18.6 Å². The molecular formula is C11H18N2O4S. The van der Waals surface area contributed by atoms with Gasteiger partial charge in [-0.15, -0.1) is 11.8 Å². The van der Waals surface area contributed by atoms with Crippen molar-refractivity contribution in [2.24, 2.45) is 5.92 Å². The average molecular weight is 274 g/mol. The number of carbonyl (C=O) groups is 2. The summed E-state index contributed by atoms with van der Waals surface area (Å²) in [4.78, 5) is 26.4. The highest BCUT2D eigenvalue weighted by atomic mass is 32.2. The second-order valence-corrected chi connectivity index (χ2v) is 5.72. The van der Waals surface area contributed by atoms with E-state index in [4.69, 9.17) is 10.2 Å². The number of rotatable bonds is 2. The number of likely N-dealkylation sites (tertiary alicyclic amines) is 1. The van der Waals surface area contributed by atoms with Crippen LogP contribution in [0, 0.1) is 5.92 Å². The quantitative estimate of drug-likeness (QED) is 0.755. The van der Waals surface area contributed by atoms with Crippen LogP contribution in [0.3, 0.4) is 0 Å². The highest BCUT2D eigenvalue weighted by Crippen LogP contribution is 2.24. The Hall–Kier alpha value is -0.950. The first-order valence-electron chi connectivity index (χ1n) is 6.10. The molecule has 2 aliphatic heterocycles. The molecule has 0 aromatic carbocycles. The van der Waals surface area contributed by atoms with Crippen molar-refractivity contribution >= 4 is 23.8 Å². The monoisotopic (exact) mass is 274 g/mol. The fourth-order valence-electron chi connectivity index (χ4n) is 2.32. The van der Waals surface area contributed by atoms with E-state index < -0.39 is 12.0 Å². The summed E-state index contributed by atoms with van der Waals surface area (Å²) in [5, 5.41) is 18.1. The van der Waals surface area contributed by atoms with Gasteiger partial charge in [-0.25, -0.2) is 9.59 Å². The number of hydrogen-bond donors (Lipinski definition) is 2. The Morgan fingerprint density at radius 1 is 1.28 bits per heavy atom. The molecule has 1 unspecified atom stereocenters. The zero-order chi connectivity index (χ0) is 13.1. The van der Waals surface area contributed by atoms with Crippen LogP contribution in [0.4, 0.5) is 4.79 Å². The number of urea groups is 1. The van der Waals surface area contributed by atoms with Gasteiger partial charge in [0.25, 0.3) is 0 Å². The van der Waals surface area contributed by atoms with Crippen LogP contribution in [-0.4, -0.2) is 69.4 Å². The van der Waals surface area contributed by atoms with Crippen molar-refractivity contribution in [2.75, 3.05) is 31.3 Å². The number of aliphatic carboxylic acids is 1. The second-order valence-electron chi connectivity index (χ2n) is 4.72. The predicted octanol–water partition coefficient (Wildman–Crippen LogP) is 0.270. The molecule has 0 saturated carbocycles. The van der Waals surface area contributed by atoms with Gasteiger partial charge in [-0.05, 0) is 18.8 Å². The van der Waals surface area contributed by atoms with E-state index in [9.17, 15) is 9.59 Å². The number of aliphatic hydroxyl groups excluding tert-OH is 1. The first-order chi connectivity index (χ1) is 8.63. The maximum absolute atomic E-state index is 12.2. The molecule has 0 spiro atoms. The van der Waals surface area contributed by atoms with Gasteiger partial charge < -0.3 is 20.0 Å². The Balaban J connectivity index is 1.93. The van der Waals surface area contributed by atoms with E-state index in [1.165, 1.54) is 16.7 Å². The Kier molecular flexibility index (Phi) is 4.34. The minimum Gasteiger partial charge on any atom is -0.480 e. The average Bonchev–Trinajstić information content (AvgIpc) is 2.87. The number of amides is 2. The molecule has 7 heteroatoms. The molecule has 0 aliphatic carbocycles. The van der Waals surface area contributed by atoms with Gasteiger partial charge >= 0.3 is 12.0 Å². The van der Waals surface area contributed by atoms with Crippen LogP contribution in [-0.2, 0) is 4.79 Å². The minimum atomic E-state index is -0.932.